The zero-order valence-corrected chi connectivity index (χ0v) is 10.9. The molecule has 0 saturated heterocycles. The van der Waals surface area contributed by atoms with Crippen molar-refractivity contribution < 1.29 is 13.5 Å². The van der Waals surface area contributed by atoms with E-state index < -0.39 is 11.6 Å². The van der Waals surface area contributed by atoms with Crippen molar-refractivity contribution in [3.8, 4) is 0 Å². The second-order valence-corrected chi connectivity index (χ2v) is 4.65. The minimum absolute atomic E-state index is 0.248. The number of fused-ring (bicyclic) bond motifs is 1. The summed E-state index contributed by atoms with van der Waals surface area (Å²) < 4.78 is 24.5. The van der Waals surface area contributed by atoms with Crippen molar-refractivity contribution in [3.63, 3.8) is 0 Å². The van der Waals surface area contributed by atoms with Crippen LogP contribution in [0.5, 0.6) is 0 Å². The number of benzene rings is 1. The minimum atomic E-state index is -0.523. The maximum absolute atomic E-state index is 13.6. The highest BCUT2D eigenvalue weighted by Gasteiger charge is 2.33. The standard InChI is InChI=1S/C14H18FNO2/c1-4-14(2,17-3)13(16)11-8-9-6-5-7-10(15)12(9)18-11/h5-8,13H,4,16H2,1-3H3. The molecule has 1 aromatic heterocycles. The average molecular weight is 251 g/mol. The number of hydrogen-bond acceptors (Lipinski definition) is 3. The minimum Gasteiger partial charge on any atom is -0.456 e. The molecule has 0 radical (unpaired) electrons. The molecule has 0 aliphatic rings. The number of methoxy groups -OCH3 is 1. The number of ether oxygens (including phenoxy) is 1. The van der Waals surface area contributed by atoms with Gasteiger partial charge in [-0.05, 0) is 25.5 Å². The van der Waals surface area contributed by atoms with E-state index in [4.69, 9.17) is 14.9 Å². The second-order valence-electron chi connectivity index (χ2n) is 4.65. The van der Waals surface area contributed by atoms with E-state index in [9.17, 15) is 4.39 Å². The Bertz CT molecular complexity index is 546. The Labute approximate surface area is 106 Å². The largest absolute Gasteiger partial charge is 0.456 e. The maximum Gasteiger partial charge on any atom is 0.169 e. The SMILES string of the molecule is CCC(C)(OC)C(N)c1cc2cccc(F)c2o1. The third kappa shape index (κ3) is 2.02. The lowest BCUT2D eigenvalue weighted by atomic mass is 9.92. The van der Waals surface area contributed by atoms with Crippen LogP contribution in [-0.2, 0) is 4.74 Å². The van der Waals surface area contributed by atoms with Crippen molar-refractivity contribution in [1.82, 2.24) is 0 Å². The molecule has 98 valence electrons. The van der Waals surface area contributed by atoms with Gasteiger partial charge in [0.15, 0.2) is 11.4 Å². The van der Waals surface area contributed by atoms with E-state index in [1.807, 2.05) is 13.8 Å². The zero-order valence-electron chi connectivity index (χ0n) is 10.9. The lowest BCUT2D eigenvalue weighted by molar-refractivity contribution is -0.0241. The lowest BCUT2D eigenvalue weighted by Crippen LogP contribution is -2.39. The summed E-state index contributed by atoms with van der Waals surface area (Å²) in [6.07, 6.45) is 0.740. The first-order chi connectivity index (χ1) is 8.51. The molecule has 2 rings (SSSR count). The van der Waals surface area contributed by atoms with Gasteiger partial charge in [-0.15, -0.1) is 0 Å². The normalized spacial score (nSPS) is 16.7. The van der Waals surface area contributed by atoms with Crippen molar-refractivity contribution >= 4 is 11.0 Å². The molecule has 0 amide bonds. The molecule has 0 aliphatic heterocycles. The molecule has 0 fully saturated rings. The molecule has 2 atom stereocenters. The van der Waals surface area contributed by atoms with Gasteiger partial charge in [0.1, 0.15) is 5.76 Å². The van der Waals surface area contributed by atoms with Gasteiger partial charge in [-0.2, -0.15) is 0 Å². The van der Waals surface area contributed by atoms with Crippen LogP contribution in [0, 0.1) is 5.82 Å². The van der Waals surface area contributed by atoms with Crippen molar-refractivity contribution in [2.75, 3.05) is 7.11 Å². The first-order valence-electron chi connectivity index (χ1n) is 6.00. The first kappa shape index (κ1) is 13.1. The highest BCUT2D eigenvalue weighted by atomic mass is 19.1. The Morgan fingerprint density at radius 2 is 2.22 bits per heavy atom. The Kier molecular flexibility index (Phi) is 3.41. The summed E-state index contributed by atoms with van der Waals surface area (Å²) in [4.78, 5) is 0. The fourth-order valence-corrected chi connectivity index (χ4v) is 1.99. The van der Waals surface area contributed by atoms with Gasteiger partial charge in [0.05, 0.1) is 11.6 Å². The second kappa shape index (κ2) is 4.71. The van der Waals surface area contributed by atoms with Gasteiger partial charge in [-0.1, -0.05) is 19.1 Å². The number of halogens is 1. The van der Waals surface area contributed by atoms with Crippen LogP contribution in [0.25, 0.3) is 11.0 Å². The van der Waals surface area contributed by atoms with Gasteiger partial charge >= 0.3 is 0 Å². The Morgan fingerprint density at radius 1 is 1.50 bits per heavy atom. The number of nitrogens with two attached hydrogens (primary N) is 1. The van der Waals surface area contributed by atoms with E-state index in [-0.39, 0.29) is 11.4 Å². The van der Waals surface area contributed by atoms with Gasteiger partial charge < -0.3 is 14.9 Å². The van der Waals surface area contributed by atoms with Crippen LogP contribution < -0.4 is 5.73 Å². The molecular formula is C14H18FNO2. The van der Waals surface area contributed by atoms with E-state index in [0.717, 1.165) is 11.8 Å². The molecule has 2 unspecified atom stereocenters. The van der Waals surface area contributed by atoms with Crippen LogP contribution >= 0.6 is 0 Å². The summed E-state index contributed by atoms with van der Waals surface area (Å²) in [6, 6.07) is 6.16. The van der Waals surface area contributed by atoms with Crippen LogP contribution in [0.3, 0.4) is 0 Å². The van der Waals surface area contributed by atoms with E-state index in [2.05, 4.69) is 0 Å². The van der Waals surface area contributed by atoms with Crippen molar-refractivity contribution in [3.05, 3.63) is 35.8 Å². The van der Waals surface area contributed by atoms with E-state index in [1.165, 1.54) is 6.07 Å². The Hall–Kier alpha value is -1.39. The molecule has 0 bridgehead atoms. The van der Waals surface area contributed by atoms with Gasteiger partial charge in [-0.3, -0.25) is 0 Å². The molecule has 2 aromatic rings. The molecular weight excluding hydrogens is 233 g/mol. The molecule has 1 heterocycles. The quantitative estimate of drug-likeness (QED) is 0.906. The third-order valence-electron chi connectivity index (χ3n) is 3.65. The Morgan fingerprint density at radius 3 is 2.78 bits per heavy atom. The third-order valence-corrected chi connectivity index (χ3v) is 3.65. The van der Waals surface area contributed by atoms with Crippen LogP contribution in [0.1, 0.15) is 32.1 Å². The van der Waals surface area contributed by atoms with Gasteiger partial charge in [0.2, 0.25) is 0 Å². The van der Waals surface area contributed by atoms with Crippen LogP contribution in [0.2, 0.25) is 0 Å². The summed E-state index contributed by atoms with van der Waals surface area (Å²) >= 11 is 0. The molecule has 4 heteroatoms. The number of hydrogen-bond donors (Lipinski definition) is 1. The van der Waals surface area contributed by atoms with Crippen molar-refractivity contribution in [2.45, 2.75) is 31.9 Å². The predicted molar refractivity (Wildman–Crippen MR) is 68.8 cm³/mol. The number of furan rings is 1. The monoisotopic (exact) mass is 251 g/mol. The summed E-state index contributed by atoms with van der Waals surface area (Å²) in [7, 11) is 1.62. The fraction of sp³-hybridized carbons (Fsp3) is 0.429. The maximum atomic E-state index is 13.6. The summed E-state index contributed by atoms with van der Waals surface area (Å²) in [5.41, 5.74) is 5.89. The summed E-state index contributed by atoms with van der Waals surface area (Å²) in [6.45, 7) is 3.91. The molecule has 1 aromatic carbocycles. The number of rotatable bonds is 4. The molecule has 18 heavy (non-hydrogen) atoms. The van der Waals surface area contributed by atoms with E-state index in [1.54, 1.807) is 25.3 Å². The predicted octanol–water partition coefficient (Wildman–Crippen LogP) is 3.39. The number of para-hydroxylation sites is 1. The van der Waals surface area contributed by atoms with Crippen LogP contribution in [0.4, 0.5) is 4.39 Å². The smallest absolute Gasteiger partial charge is 0.169 e. The van der Waals surface area contributed by atoms with Crippen molar-refractivity contribution in [2.24, 2.45) is 5.73 Å². The molecule has 0 aliphatic carbocycles. The first-order valence-corrected chi connectivity index (χ1v) is 6.00. The lowest BCUT2D eigenvalue weighted by Gasteiger charge is -2.31. The Balaban J connectivity index is 2.45. The fourth-order valence-electron chi connectivity index (χ4n) is 1.99. The van der Waals surface area contributed by atoms with Crippen LogP contribution in [0.15, 0.2) is 28.7 Å². The van der Waals surface area contributed by atoms with Gasteiger partial charge in [-0.25, -0.2) is 4.39 Å². The average Bonchev–Trinajstić information content (AvgIpc) is 2.82. The highest BCUT2D eigenvalue weighted by molar-refractivity contribution is 5.78. The topological polar surface area (TPSA) is 48.4 Å². The molecule has 0 saturated carbocycles. The van der Waals surface area contributed by atoms with Crippen LogP contribution in [-0.4, -0.2) is 12.7 Å². The van der Waals surface area contributed by atoms with Crippen molar-refractivity contribution in [1.29, 1.82) is 0 Å². The van der Waals surface area contributed by atoms with E-state index in [0.29, 0.717) is 5.76 Å². The zero-order chi connectivity index (χ0) is 13.3. The molecule has 2 N–H and O–H groups in total. The molecule has 3 nitrogen and oxygen atoms in total. The van der Waals surface area contributed by atoms with Gasteiger partial charge in [0, 0.05) is 12.5 Å². The van der Waals surface area contributed by atoms with Gasteiger partial charge in [0.25, 0.3) is 0 Å². The summed E-state index contributed by atoms with van der Waals surface area (Å²) in [5, 5.41) is 0.718. The molecule has 0 spiro atoms. The summed E-state index contributed by atoms with van der Waals surface area (Å²) in [5.74, 6) is 0.169. The highest BCUT2D eigenvalue weighted by Crippen LogP contribution is 2.33. The van der Waals surface area contributed by atoms with E-state index >= 15 is 0 Å².